The Kier molecular flexibility index (Phi) is 8.32. The second-order valence-electron chi connectivity index (χ2n) is 10.4. The summed E-state index contributed by atoms with van der Waals surface area (Å²) in [5.41, 5.74) is 2.04. The van der Waals surface area contributed by atoms with E-state index in [1.165, 1.54) is 0 Å². The first-order chi connectivity index (χ1) is 18.6. The summed E-state index contributed by atoms with van der Waals surface area (Å²) in [5.74, 6) is 1.55. The van der Waals surface area contributed by atoms with E-state index in [9.17, 15) is 9.59 Å². The van der Waals surface area contributed by atoms with Crippen LogP contribution in [-0.4, -0.2) is 66.7 Å². The minimum Gasteiger partial charge on any atom is -0.497 e. The van der Waals surface area contributed by atoms with Crippen LogP contribution in [0.3, 0.4) is 0 Å². The summed E-state index contributed by atoms with van der Waals surface area (Å²) in [6.45, 7) is 6.60. The summed E-state index contributed by atoms with van der Waals surface area (Å²) in [6, 6.07) is 12.7. The Bertz CT molecular complexity index is 1280. The van der Waals surface area contributed by atoms with Crippen molar-refractivity contribution in [2.45, 2.75) is 45.1 Å². The molecule has 10 nitrogen and oxygen atoms in total. The van der Waals surface area contributed by atoms with Crippen LogP contribution in [0.2, 0.25) is 0 Å². The van der Waals surface area contributed by atoms with E-state index in [1.807, 2.05) is 45.0 Å². The Morgan fingerprint density at radius 1 is 0.897 bits per heavy atom. The van der Waals surface area contributed by atoms with Gasteiger partial charge in [-0.15, -0.1) is 0 Å². The fourth-order valence-electron chi connectivity index (χ4n) is 4.59. The molecule has 4 rings (SSSR count). The third-order valence-electron chi connectivity index (χ3n) is 6.51. The fourth-order valence-corrected chi connectivity index (χ4v) is 4.59. The maximum atomic E-state index is 13.6. The molecule has 1 fully saturated rings. The van der Waals surface area contributed by atoms with Crippen molar-refractivity contribution in [3.05, 3.63) is 59.9 Å². The summed E-state index contributed by atoms with van der Waals surface area (Å²) in [6.07, 6.45) is 2.59. The Hall–Kier alpha value is -4.21. The highest BCUT2D eigenvalue weighted by molar-refractivity contribution is 6.05. The first kappa shape index (κ1) is 27.8. The highest BCUT2D eigenvalue weighted by atomic mass is 16.6. The van der Waals surface area contributed by atoms with Gasteiger partial charge >= 0.3 is 6.09 Å². The molecule has 1 saturated heterocycles. The number of hydrogen-bond acceptors (Lipinski definition) is 7. The smallest absolute Gasteiger partial charge is 0.410 e. The molecule has 208 valence electrons. The number of carbonyl (C=O) groups excluding carboxylic acids is 2. The molecule has 3 aromatic rings. The summed E-state index contributed by atoms with van der Waals surface area (Å²) in [7, 11) is 4.73. The Morgan fingerprint density at radius 2 is 1.49 bits per heavy atom. The number of nitrogens with zero attached hydrogens (tertiary/aromatic N) is 3. The van der Waals surface area contributed by atoms with Crippen molar-refractivity contribution < 1.29 is 28.5 Å². The third kappa shape index (κ3) is 6.63. The lowest BCUT2D eigenvalue weighted by molar-refractivity contribution is 0.0203. The summed E-state index contributed by atoms with van der Waals surface area (Å²) in [4.78, 5) is 27.9. The highest BCUT2D eigenvalue weighted by Crippen LogP contribution is 2.34. The van der Waals surface area contributed by atoms with Crippen molar-refractivity contribution >= 4 is 17.7 Å². The van der Waals surface area contributed by atoms with Crippen LogP contribution in [0.5, 0.6) is 17.2 Å². The standard InChI is InChI=1S/C29H36N4O6/c1-29(2,3)39-28(35)32-13-11-19(12-14-32)26-25(18-30-33(26)21-7-9-22(36-4)10-8-21)27(34)31-20-15-23(37-5)17-24(16-20)38-6/h7-10,15-19H,11-14H2,1-6H3,(H,31,34). The number of aromatic nitrogens is 2. The lowest BCUT2D eigenvalue weighted by atomic mass is 9.90. The molecule has 0 bridgehead atoms. The molecule has 2 amide bonds. The zero-order chi connectivity index (χ0) is 28.2. The molecule has 2 aromatic carbocycles. The van der Waals surface area contributed by atoms with E-state index in [0.29, 0.717) is 48.7 Å². The van der Waals surface area contributed by atoms with Crippen LogP contribution in [0.1, 0.15) is 55.6 Å². The average Bonchev–Trinajstić information content (AvgIpc) is 3.37. The van der Waals surface area contributed by atoms with Crippen LogP contribution in [0.4, 0.5) is 10.5 Å². The van der Waals surface area contributed by atoms with Crippen LogP contribution in [0.15, 0.2) is 48.7 Å². The minimum atomic E-state index is -0.561. The number of amides is 2. The first-order valence-corrected chi connectivity index (χ1v) is 12.9. The van der Waals surface area contributed by atoms with Gasteiger partial charge in [0.05, 0.1) is 44.5 Å². The van der Waals surface area contributed by atoms with Gasteiger partial charge in [0.15, 0.2) is 0 Å². The van der Waals surface area contributed by atoms with Gasteiger partial charge in [-0.05, 0) is 57.9 Å². The molecule has 2 heterocycles. The van der Waals surface area contributed by atoms with Gasteiger partial charge < -0.3 is 29.2 Å². The molecule has 0 radical (unpaired) electrons. The number of rotatable bonds is 7. The lowest BCUT2D eigenvalue weighted by Gasteiger charge is -2.34. The molecule has 1 aliphatic rings. The summed E-state index contributed by atoms with van der Waals surface area (Å²) >= 11 is 0. The number of methoxy groups -OCH3 is 3. The van der Waals surface area contributed by atoms with Crippen molar-refractivity contribution in [1.29, 1.82) is 0 Å². The fraction of sp³-hybridized carbons (Fsp3) is 0.414. The number of carbonyl (C=O) groups is 2. The van der Waals surface area contributed by atoms with Crippen LogP contribution < -0.4 is 19.5 Å². The van der Waals surface area contributed by atoms with Crippen LogP contribution >= 0.6 is 0 Å². The number of hydrogen-bond donors (Lipinski definition) is 1. The van der Waals surface area contributed by atoms with Crippen molar-refractivity contribution in [3.63, 3.8) is 0 Å². The monoisotopic (exact) mass is 536 g/mol. The Balaban J connectivity index is 1.64. The normalized spacial score (nSPS) is 14.1. The van der Waals surface area contributed by atoms with Gasteiger partial charge in [-0.1, -0.05) is 0 Å². The van der Waals surface area contributed by atoms with E-state index < -0.39 is 5.60 Å². The van der Waals surface area contributed by atoms with Gasteiger partial charge in [0.2, 0.25) is 0 Å². The van der Waals surface area contributed by atoms with Crippen LogP contribution in [0.25, 0.3) is 5.69 Å². The van der Waals surface area contributed by atoms with Crippen LogP contribution in [0, 0.1) is 0 Å². The minimum absolute atomic E-state index is 0.00566. The SMILES string of the molecule is COc1ccc(-n2ncc(C(=O)Nc3cc(OC)cc(OC)c3)c2C2CCN(C(=O)OC(C)(C)C)CC2)cc1. The summed E-state index contributed by atoms with van der Waals surface area (Å²) in [5, 5.41) is 7.58. The molecule has 1 N–H and O–H groups in total. The quantitative estimate of drug-likeness (QED) is 0.439. The maximum Gasteiger partial charge on any atom is 0.410 e. The van der Waals surface area contributed by atoms with Gasteiger partial charge in [-0.25, -0.2) is 9.48 Å². The van der Waals surface area contributed by atoms with E-state index >= 15 is 0 Å². The zero-order valence-corrected chi connectivity index (χ0v) is 23.3. The molecule has 1 aromatic heterocycles. The highest BCUT2D eigenvalue weighted by Gasteiger charge is 2.32. The molecule has 0 atom stereocenters. The van der Waals surface area contributed by atoms with E-state index in [-0.39, 0.29) is 17.9 Å². The van der Waals surface area contributed by atoms with Crippen molar-refractivity contribution in [2.24, 2.45) is 0 Å². The lowest BCUT2D eigenvalue weighted by Crippen LogP contribution is -2.41. The molecule has 0 unspecified atom stereocenters. The second kappa shape index (κ2) is 11.7. The van der Waals surface area contributed by atoms with Gasteiger partial charge in [0.25, 0.3) is 5.91 Å². The number of ether oxygens (including phenoxy) is 4. The van der Waals surface area contributed by atoms with E-state index in [0.717, 1.165) is 17.1 Å². The topological polar surface area (TPSA) is 104 Å². The van der Waals surface area contributed by atoms with Crippen molar-refractivity contribution in [2.75, 3.05) is 39.7 Å². The predicted molar refractivity (Wildman–Crippen MR) is 147 cm³/mol. The Morgan fingerprint density at radius 3 is 2.03 bits per heavy atom. The molecule has 0 aliphatic carbocycles. The van der Waals surface area contributed by atoms with Crippen LogP contribution in [-0.2, 0) is 4.74 Å². The average molecular weight is 537 g/mol. The van der Waals surface area contributed by atoms with E-state index in [2.05, 4.69) is 10.4 Å². The summed E-state index contributed by atoms with van der Waals surface area (Å²) < 4.78 is 23.3. The van der Waals surface area contributed by atoms with Crippen molar-refractivity contribution in [1.82, 2.24) is 14.7 Å². The number of likely N-dealkylation sites (tertiary alicyclic amines) is 1. The zero-order valence-electron chi connectivity index (χ0n) is 23.3. The number of piperidine rings is 1. The van der Waals surface area contributed by atoms with E-state index in [1.54, 1.807) is 55.3 Å². The Labute approximate surface area is 228 Å². The van der Waals surface area contributed by atoms with Gasteiger partial charge in [0.1, 0.15) is 22.8 Å². The van der Waals surface area contributed by atoms with E-state index in [4.69, 9.17) is 18.9 Å². The third-order valence-corrected chi connectivity index (χ3v) is 6.51. The molecule has 39 heavy (non-hydrogen) atoms. The molecular weight excluding hydrogens is 500 g/mol. The van der Waals surface area contributed by atoms with Gasteiger partial charge in [0, 0.05) is 42.9 Å². The molecular formula is C29H36N4O6. The second-order valence-corrected chi connectivity index (χ2v) is 10.4. The number of nitrogens with one attached hydrogen (secondary N) is 1. The predicted octanol–water partition coefficient (Wildman–Crippen LogP) is 5.26. The van der Waals surface area contributed by atoms with Gasteiger partial charge in [-0.2, -0.15) is 5.10 Å². The number of anilines is 1. The van der Waals surface area contributed by atoms with Gasteiger partial charge in [-0.3, -0.25) is 4.79 Å². The first-order valence-electron chi connectivity index (χ1n) is 12.9. The number of benzene rings is 2. The molecule has 0 saturated carbocycles. The largest absolute Gasteiger partial charge is 0.497 e. The maximum absolute atomic E-state index is 13.6. The molecule has 10 heteroatoms. The molecule has 1 aliphatic heterocycles. The van der Waals surface area contributed by atoms with Crippen molar-refractivity contribution in [3.8, 4) is 22.9 Å². The molecule has 0 spiro atoms.